The third kappa shape index (κ3) is 3.62. The van der Waals surface area contributed by atoms with Crippen LogP contribution in [0.2, 0.25) is 0 Å². The van der Waals surface area contributed by atoms with Gasteiger partial charge in [0.2, 0.25) is 0 Å². The Morgan fingerprint density at radius 3 is 2.37 bits per heavy atom. The molecule has 0 fully saturated rings. The third-order valence-electron chi connectivity index (χ3n) is 3.22. The third-order valence-corrected chi connectivity index (χ3v) is 4.39. The number of aliphatic hydroxyl groups is 1. The molecule has 0 radical (unpaired) electrons. The fourth-order valence-corrected chi connectivity index (χ4v) is 2.94. The van der Waals surface area contributed by atoms with E-state index < -0.39 is 0 Å². The smallest absolute Gasteiger partial charge is 0.0787 e. The summed E-state index contributed by atoms with van der Waals surface area (Å²) in [5, 5.41) is 9.78. The van der Waals surface area contributed by atoms with Crippen LogP contribution in [0.4, 0.5) is 0 Å². The van der Waals surface area contributed by atoms with Gasteiger partial charge in [-0.15, -0.1) is 0 Å². The Labute approximate surface area is 119 Å². The summed E-state index contributed by atoms with van der Waals surface area (Å²) >= 11 is 1.77. The predicted octanol–water partition coefficient (Wildman–Crippen LogP) is 4.90. The summed E-state index contributed by atoms with van der Waals surface area (Å²) in [5.74, 6) is 0. The van der Waals surface area contributed by atoms with Gasteiger partial charge in [-0.2, -0.15) is 0 Å². The molecule has 19 heavy (non-hydrogen) atoms. The zero-order valence-electron chi connectivity index (χ0n) is 11.7. The molecule has 0 aromatic heterocycles. The lowest BCUT2D eigenvalue weighted by Gasteiger charge is -2.10. The topological polar surface area (TPSA) is 20.2 Å². The van der Waals surface area contributed by atoms with Crippen molar-refractivity contribution in [3.8, 4) is 0 Å². The van der Waals surface area contributed by atoms with E-state index in [0.29, 0.717) is 0 Å². The molecular formula is C17H20OS. The van der Waals surface area contributed by atoms with Crippen molar-refractivity contribution in [2.24, 2.45) is 0 Å². The Hall–Kier alpha value is -1.25. The van der Waals surface area contributed by atoms with Gasteiger partial charge < -0.3 is 5.11 Å². The predicted molar refractivity (Wildman–Crippen MR) is 81.7 cm³/mol. The average Bonchev–Trinajstić information content (AvgIpc) is 2.43. The first kappa shape index (κ1) is 14.2. The first-order chi connectivity index (χ1) is 9.10. The van der Waals surface area contributed by atoms with Crippen LogP contribution in [-0.2, 0) is 0 Å². The van der Waals surface area contributed by atoms with Crippen LogP contribution in [0.5, 0.6) is 0 Å². The van der Waals surface area contributed by atoms with Crippen molar-refractivity contribution in [1.29, 1.82) is 0 Å². The number of benzene rings is 2. The lowest BCUT2D eigenvalue weighted by Crippen LogP contribution is -1.94. The summed E-state index contributed by atoms with van der Waals surface area (Å²) in [4.78, 5) is 2.50. The van der Waals surface area contributed by atoms with Gasteiger partial charge >= 0.3 is 0 Å². The van der Waals surface area contributed by atoms with Crippen molar-refractivity contribution in [2.45, 2.75) is 43.1 Å². The van der Waals surface area contributed by atoms with E-state index in [1.165, 1.54) is 20.9 Å². The molecule has 0 aliphatic rings. The molecule has 0 heterocycles. The zero-order chi connectivity index (χ0) is 13.8. The highest BCUT2D eigenvalue weighted by atomic mass is 32.2. The van der Waals surface area contributed by atoms with Crippen LogP contribution in [0, 0.1) is 13.8 Å². The standard InChI is InChI=1S/C17H20OS/c1-4-16(18)14-7-9-15(10-8-14)19-17-11-12(2)5-6-13(17)3/h5-11,16,18H,4H2,1-3H3/t16-/m1/s1. The minimum atomic E-state index is -0.347. The molecule has 0 bridgehead atoms. The molecule has 0 spiro atoms. The van der Waals surface area contributed by atoms with Gasteiger partial charge in [-0.25, -0.2) is 0 Å². The van der Waals surface area contributed by atoms with Crippen LogP contribution < -0.4 is 0 Å². The molecule has 0 aliphatic heterocycles. The van der Waals surface area contributed by atoms with Gasteiger partial charge in [-0.1, -0.05) is 43.0 Å². The Balaban J connectivity index is 2.17. The summed E-state index contributed by atoms with van der Waals surface area (Å²) in [5.41, 5.74) is 3.58. The van der Waals surface area contributed by atoms with Crippen molar-refractivity contribution in [3.63, 3.8) is 0 Å². The monoisotopic (exact) mass is 272 g/mol. The minimum Gasteiger partial charge on any atom is -0.388 e. The van der Waals surface area contributed by atoms with Gasteiger partial charge in [0.15, 0.2) is 0 Å². The van der Waals surface area contributed by atoms with Crippen molar-refractivity contribution >= 4 is 11.8 Å². The second-order valence-electron chi connectivity index (χ2n) is 4.86. The number of rotatable bonds is 4. The molecule has 1 atom stereocenters. The van der Waals surface area contributed by atoms with Gasteiger partial charge in [0.25, 0.3) is 0 Å². The maximum Gasteiger partial charge on any atom is 0.0787 e. The Morgan fingerprint density at radius 1 is 1.05 bits per heavy atom. The van der Waals surface area contributed by atoms with Crippen LogP contribution in [0.1, 0.15) is 36.1 Å². The number of aliphatic hydroxyl groups excluding tert-OH is 1. The molecule has 2 rings (SSSR count). The number of hydrogen-bond donors (Lipinski definition) is 1. The number of hydrogen-bond acceptors (Lipinski definition) is 2. The molecule has 1 N–H and O–H groups in total. The SMILES string of the molecule is CC[C@@H](O)c1ccc(Sc2cc(C)ccc2C)cc1. The zero-order valence-corrected chi connectivity index (χ0v) is 12.5. The maximum absolute atomic E-state index is 9.78. The normalized spacial score (nSPS) is 12.4. The van der Waals surface area contributed by atoms with E-state index in [2.05, 4.69) is 44.2 Å². The van der Waals surface area contributed by atoms with Gasteiger partial charge in [0, 0.05) is 9.79 Å². The Kier molecular flexibility index (Phi) is 4.67. The lowest BCUT2D eigenvalue weighted by atomic mass is 10.1. The highest BCUT2D eigenvalue weighted by Gasteiger charge is 2.06. The summed E-state index contributed by atoms with van der Waals surface area (Å²) in [6.45, 7) is 6.24. The molecule has 0 saturated heterocycles. The highest BCUT2D eigenvalue weighted by molar-refractivity contribution is 7.99. The van der Waals surface area contributed by atoms with E-state index in [0.717, 1.165) is 12.0 Å². The van der Waals surface area contributed by atoms with Crippen LogP contribution >= 0.6 is 11.8 Å². The largest absolute Gasteiger partial charge is 0.388 e. The minimum absolute atomic E-state index is 0.347. The van der Waals surface area contributed by atoms with Gasteiger partial charge in [0.05, 0.1) is 6.10 Å². The molecule has 2 aromatic rings. The van der Waals surface area contributed by atoms with Gasteiger partial charge in [-0.05, 0) is 55.2 Å². The van der Waals surface area contributed by atoms with E-state index in [-0.39, 0.29) is 6.10 Å². The van der Waals surface area contributed by atoms with Crippen molar-refractivity contribution < 1.29 is 5.11 Å². The molecule has 0 saturated carbocycles. The molecule has 1 nitrogen and oxygen atoms in total. The van der Waals surface area contributed by atoms with E-state index in [9.17, 15) is 5.11 Å². The fourth-order valence-electron chi connectivity index (χ4n) is 1.94. The second kappa shape index (κ2) is 6.27. The molecule has 0 amide bonds. The van der Waals surface area contributed by atoms with Crippen LogP contribution in [0.15, 0.2) is 52.3 Å². The fraction of sp³-hybridized carbons (Fsp3) is 0.294. The Bertz CT molecular complexity index is 546. The van der Waals surface area contributed by atoms with Crippen molar-refractivity contribution in [1.82, 2.24) is 0 Å². The quantitative estimate of drug-likeness (QED) is 0.854. The molecule has 2 aromatic carbocycles. The van der Waals surface area contributed by atoms with Gasteiger partial charge in [-0.3, -0.25) is 0 Å². The van der Waals surface area contributed by atoms with Crippen molar-refractivity contribution in [2.75, 3.05) is 0 Å². The summed E-state index contributed by atoms with van der Waals surface area (Å²) in [7, 11) is 0. The summed E-state index contributed by atoms with van der Waals surface area (Å²) < 4.78 is 0. The van der Waals surface area contributed by atoms with Crippen LogP contribution in [-0.4, -0.2) is 5.11 Å². The van der Waals surface area contributed by atoms with Crippen molar-refractivity contribution in [3.05, 3.63) is 59.2 Å². The van der Waals surface area contributed by atoms with E-state index in [1.54, 1.807) is 11.8 Å². The molecule has 100 valence electrons. The molecule has 2 heteroatoms. The lowest BCUT2D eigenvalue weighted by molar-refractivity contribution is 0.173. The second-order valence-corrected chi connectivity index (χ2v) is 5.98. The molecule has 0 unspecified atom stereocenters. The summed E-state index contributed by atoms with van der Waals surface area (Å²) in [6, 6.07) is 14.7. The van der Waals surface area contributed by atoms with E-state index in [4.69, 9.17) is 0 Å². The van der Waals surface area contributed by atoms with E-state index >= 15 is 0 Å². The first-order valence-corrected chi connectivity index (χ1v) is 7.45. The maximum atomic E-state index is 9.78. The van der Waals surface area contributed by atoms with Crippen LogP contribution in [0.25, 0.3) is 0 Å². The average molecular weight is 272 g/mol. The first-order valence-electron chi connectivity index (χ1n) is 6.63. The number of aryl methyl sites for hydroxylation is 2. The summed E-state index contributed by atoms with van der Waals surface area (Å²) in [6.07, 6.45) is 0.406. The van der Waals surface area contributed by atoms with Crippen LogP contribution in [0.3, 0.4) is 0 Å². The molecule has 0 aliphatic carbocycles. The Morgan fingerprint density at radius 2 is 1.74 bits per heavy atom. The van der Waals surface area contributed by atoms with Gasteiger partial charge in [0.1, 0.15) is 0 Å². The highest BCUT2D eigenvalue weighted by Crippen LogP contribution is 2.31. The molecular weight excluding hydrogens is 252 g/mol. The van der Waals surface area contributed by atoms with E-state index in [1.807, 2.05) is 19.1 Å².